The highest BCUT2D eigenvalue weighted by atomic mass is 35.5. The van der Waals surface area contributed by atoms with Crippen LogP contribution in [0.2, 0.25) is 10.0 Å². The third-order valence-corrected chi connectivity index (χ3v) is 6.00. The number of rotatable bonds is 8. The Balaban J connectivity index is 2.22. The molecule has 0 heterocycles. The van der Waals surface area contributed by atoms with Gasteiger partial charge in [0.25, 0.3) is 0 Å². The molecule has 6 nitrogen and oxygen atoms in total. The Morgan fingerprint density at radius 2 is 1.59 bits per heavy atom. The summed E-state index contributed by atoms with van der Waals surface area (Å²) in [4.78, 5) is -0.123. The first-order chi connectivity index (χ1) is 12.7. The molecule has 1 N–H and O–H groups in total. The number of halogens is 2. The maximum absolute atomic E-state index is 12.6. The topological polar surface area (TPSA) is 73.9 Å². The first-order valence-electron chi connectivity index (χ1n) is 8.04. The number of hydrogen-bond acceptors (Lipinski definition) is 5. The first-order valence-corrected chi connectivity index (χ1v) is 10.3. The zero-order chi connectivity index (χ0) is 20.2. The van der Waals surface area contributed by atoms with E-state index in [0.29, 0.717) is 22.8 Å². The number of sulfonamides is 1. The van der Waals surface area contributed by atoms with Crippen LogP contribution < -0.4 is 18.9 Å². The fourth-order valence-corrected chi connectivity index (χ4v) is 4.16. The molecule has 27 heavy (non-hydrogen) atoms. The van der Waals surface area contributed by atoms with Crippen molar-refractivity contribution in [2.75, 3.05) is 14.2 Å². The predicted molar refractivity (Wildman–Crippen MR) is 106 cm³/mol. The average molecular weight is 434 g/mol. The van der Waals surface area contributed by atoms with Crippen LogP contribution in [-0.4, -0.2) is 28.7 Å². The number of methoxy groups -OCH3 is 2. The molecule has 0 radical (unpaired) electrons. The summed E-state index contributed by atoms with van der Waals surface area (Å²) < 4.78 is 43.7. The molecule has 0 fully saturated rings. The number of nitrogens with one attached hydrogen (secondary N) is 1. The van der Waals surface area contributed by atoms with Gasteiger partial charge >= 0.3 is 0 Å². The Hall–Kier alpha value is -1.67. The van der Waals surface area contributed by atoms with E-state index < -0.39 is 10.0 Å². The zero-order valence-corrected chi connectivity index (χ0v) is 17.7. The van der Waals surface area contributed by atoms with E-state index >= 15 is 0 Å². The SMILES string of the molecule is COc1cc(CNS(=O)(=O)c2ccc(OC)c(Cl)c2Cl)ccc1OC(C)C. The summed E-state index contributed by atoms with van der Waals surface area (Å²) >= 11 is 12.1. The molecule has 0 unspecified atom stereocenters. The maximum Gasteiger partial charge on any atom is 0.242 e. The van der Waals surface area contributed by atoms with E-state index in [1.165, 1.54) is 26.4 Å². The van der Waals surface area contributed by atoms with Gasteiger partial charge < -0.3 is 14.2 Å². The first kappa shape index (κ1) is 21.6. The largest absolute Gasteiger partial charge is 0.495 e. The van der Waals surface area contributed by atoms with Crippen molar-refractivity contribution in [1.82, 2.24) is 4.72 Å². The zero-order valence-electron chi connectivity index (χ0n) is 15.4. The van der Waals surface area contributed by atoms with Crippen molar-refractivity contribution < 1.29 is 22.6 Å². The van der Waals surface area contributed by atoms with Crippen LogP contribution in [0.25, 0.3) is 0 Å². The lowest BCUT2D eigenvalue weighted by atomic mass is 10.2. The minimum atomic E-state index is -3.88. The van der Waals surface area contributed by atoms with Crippen molar-refractivity contribution in [3.8, 4) is 17.2 Å². The minimum absolute atomic E-state index is 0.00906. The third-order valence-electron chi connectivity index (χ3n) is 3.58. The van der Waals surface area contributed by atoms with E-state index in [1.807, 2.05) is 13.8 Å². The molecule has 0 aliphatic carbocycles. The van der Waals surface area contributed by atoms with Crippen molar-refractivity contribution in [1.29, 1.82) is 0 Å². The van der Waals surface area contributed by atoms with Crippen LogP contribution in [0.4, 0.5) is 0 Å². The van der Waals surface area contributed by atoms with E-state index in [2.05, 4.69) is 4.72 Å². The van der Waals surface area contributed by atoms with Gasteiger partial charge in [-0.1, -0.05) is 29.3 Å². The molecule has 2 rings (SSSR count). The van der Waals surface area contributed by atoms with Gasteiger partial charge in [0.05, 0.1) is 25.3 Å². The van der Waals surface area contributed by atoms with Crippen molar-refractivity contribution >= 4 is 33.2 Å². The van der Waals surface area contributed by atoms with Crippen molar-refractivity contribution in [2.45, 2.75) is 31.4 Å². The van der Waals surface area contributed by atoms with Crippen LogP contribution in [0.3, 0.4) is 0 Å². The maximum atomic E-state index is 12.6. The molecule has 0 saturated carbocycles. The Kier molecular flexibility index (Phi) is 7.22. The van der Waals surface area contributed by atoms with Gasteiger partial charge in [-0.2, -0.15) is 0 Å². The Labute approximate surface area is 169 Å². The Morgan fingerprint density at radius 3 is 2.19 bits per heavy atom. The summed E-state index contributed by atoms with van der Waals surface area (Å²) in [6.07, 6.45) is -0.00906. The summed E-state index contributed by atoms with van der Waals surface area (Å²) in [5.74, 6) is 1.40. The molecule has 0 aromatic heterocycles. The van der Waals surface area contributed by atoms with E-state index in [-0.39, 0.29) is 27.6 Å². The van der Waals surface area contributed by atoms with Gasteiger partial charge in [0.15, 0.2) is 11.5 Å². The molecule has 0 aliphatic heterocycles. The van der Waals surface area contributed by atoms with Crippen LogP contribution in [0.1, 0.15) is 19.4 Å². The lowest BCUT2D eigenvalue weighted by molar-refractivity contribution is 0.230. The highest BCUT2D eigenvalue weighted by Crippen LogP contribution is 2.36. The molecular weight excluding hydrogens is 413 g/mol. The molecular formula is C18H21Cl2NO5S. The molecule has 0 bridgehead atoms. The summed E-state index contributed by atoms with van der Waals surface area (Å²) in [5.41, 5.74) is 0.697. The van der Waals surface area contributed by atoms with E-state index in [4.69, 9.17) is 37.4 Å². The number of ether oxygens (including phenoxy) is 3. The summed E-state index contributed by atoms with van der Waals surface area (Å²) in [5, 5.41) is -0.0549. The second-order valence-electron chi connectivity index (χ2n) is 5.87. The van der Waals surface area contributed by atoms with Crippen molar-refractivity contribution in [3.05, 3.63) is 45.9 Å². The molecule has 0 amide bonds. The highest BCUT2D eigenvalue weighted by molar-refractivity contribution is 7.89. The van der Waals surface area contributed by atoms with Crippen LogP contribution >= 0.6 is 23.2 Å². The van der Waals surface area contributed by atoms with E-state index in [9.17, 15) is 8.42 Å². The van der Waals surface area contributed by atoms with Gasteiger partial charge in [-0.25, -0.2) is 13.1 Å². The Bertz CT molecular complexity index is 916. The van der Waals surface area contributed by atoms with Crippen LogP contribution in [0.15, 0.2) is 35.2 Å². The fourth-order valence-electron chi connectivity index (χ4n) is 2.31. The van der Waals surface area contributed by atoms with Gasteiger partial charge in [-0.3, -0.25) is 0 Å². The minimum Gasteiger partial charge on any atom is -0.495 e. The average Bonchev–Trinajstić information content (AvgIpc) is 2.62. The van der Waals surface area contributed by atoms with Gasteiger partial charge in [0.1, 0.15) is 15.7 Å². The lowest BCUT2D eigenvalue weighted by Crippen LogP contribution is -2.23. The quantitative estimate of drug-likeness (QED) is 0.672. The van der Waals surface area contributed by atoms with Gasteiger partial charge in [-0.05, 0) is 43.7 Å². The second-order valence-corrected chi connectivity index (χ2v) is 8.36. The van der Waals surface area contributed by atoms with Crippen molar-refractivity contribution in [2.24, 2.45) is 0 Å². The van der Waals surface area contributed by atoms with Crippen LogP contribution in [0.5, 0.6) is 17.2 Å². The lowest BCUT2D eigenvalue weighted by Gasteiger charge is -2.15. The van der Waals surface area contributed by atoms with Crippen LogP contribution in [-0.2, 0) is 16.6 Å². The molecule has 2 aromatic carbocycles. The third kappa shape index (κ3) is 5.19. The molecule has 0 atom stereocenters. The summed E-state index contributed by atoms with van der Waals surface area (Å²) in [6.45, 7) is 3.86. The Morgan fingerprint density at radius 1 is 0.963 bits per heavy atom. The molecule has 0 aliphatic rings. The monoisotopic (exact) mass is 433 g/mol. The van der Waals surface area contributed by atoms with Crippen molar-refractivity contribution in [3.63, 3.8) is 0 Å². The number of hydrogen-bond donors (Lipinski definition) is 1. The molecule has 148 valence electrons. The van der Waals surface area contributed by atoms with E-state index in [0.717, 1.165) is 0 Å². The summed E-state index contributed by atoms with van der Waals surface area (Å²) in [6, 6.07) is 7.99. The number of benzene rings is 2. The normalized spacial score (nSPS) is 11.5. The highest BCUT2D eigenvalue weighted by Gasteiger charge is 2.22. The summed E-state index contributed by atoms with van der Waals surface area (Å²) in [7, 11) is -0.935. The molecule has 9 heteroatoms. The smallest absolute Gasteiger partial charge is 0.242 e. The molecule has 0 spiro atoms. The molecule has 2 aromatic rings. The fraction of sp³-hybridized carbons (Fsp3) is 0.333. The van der Waals surface area contributed by atoms with Gasteiger partial charge in [-0.15, -0.1) is 0 Å². The van der Waals surface area contributed by atoms with Gasteiger partial charge in [0, 0.05) is 6.54 Å². The van der Waals surface area contributed by atoms with E-state index in [1.54, 1.807) is 18.2 Å². The second kappa shape index (κ2) is 9.01. The molecule has 0 saturated heterocycles. The van der Waals surface area contributed by atoms with Crippen LogP contribution in [0, 0.1) is 0 Å². The predicted octanol–water partition coefficient (Wildman–Crippen LogP) is 4.28. The van der Waals surface area contributed by atoms with Gasteiger partial charge in [0.2, 0.25) is 10.0 Å². The standard InChI is InChI=1S/C18H21Cl2NO5S/c1-11(2)26-13-6-5-12(9-15(13)25-4)10-21-27(22,23)16-8-7-14(24-3)17(19)18(16)20/h5-9,11,21H,10H2,1-4H3.